The van der Waals surface area contributed by atoms with Gasteiger partial charge >= 0.3 is 18.2 Å². The van der Waals surface area contributed by atoms with Crippen molar-refractivity contribution in [3.8, 4) is 0 Å². The van der Waals surface area contributed by atoms with E-state index in [4.69, 9.17) is 14.2 Å². The van der Waals surface area contributed by atoms with Crippen LogP contribution in [0.5, 0.6) is 0 Å². The van der Waals surface area contributed by atoms with Crippen LogP contribution in [0.2, 0.25) is 0 Å². The lowest BCUT2D eigenvalue weighted by Gasteiger charge is -2.59. The molecule has 2 aromatic rings. The van der Waals surface area contributed by atoms with Gasteiger partial charge in [0.25, 0.3) is 0 Å². The molecule has 13 heteroatoms. The van der Waals surface area contributed by atoms with Crippen molar-refractivity contribution in [1.82, 2.24) is 0 Å². The number of anilines is 2. The van der Waals surface area contributed by atoms with Gasteiger partial charge in [0.15, 0.2) is 5.79 Å². The maximum Gasteiger partial charge on any atom is 0.456 e. The van der Waals surface area contributed by atoms with E-state index in [9.17, 15) is 28.2 Å². The minimum atomic E-state index is -5.93. The molecule has 6 atom stereocenters. The molecule has 1 spiro atoms. The number of carbonyl (C=O) groups is 1. The molecule has 0 radical (unpaired) electrons. The molecule has 2 heterocycles. The molecule has 5 fully saturated rings. The van der Waals surface area contributed by atoms with Crippen molar-refractivity contribution in [2.45, 2.75) is 133 Å². The topological polar surface area (TPSA) is 100 Å². The number of ether oxygens (including phenoxy) is 3. The van der Waals surface area contributed by atoms with E-state index in [-0.39, 0.29) is 37.7 Å². The Morgan fingerprint density at radius 2 is 1.56 bits per heavy atom. The monoisotopic (exact) mass is 802 g/mol. The zero-order valence-electron chi connectivity index (χ0n) is 33.0. The van der Waals surface area contributed by atoms with E-state index in [2.05, 4.69) is 10.2 Å². The number of fused-ring (bicyclic) bond motifs is 4. The van der Waals surface area contributed by atoms with Gasteiger partial charge < -0.3 is 29.3 Å². The normalized spacial score (nSPS) is 33.6. The summed E-state index contributed by atoms with van der Waals surface area (Å²) in [4.78, 5) is 15.1. The first-order chi connectivity index (χ1) is 26.8. The molecule has 1 amide bonds. The molecule has 3 saturated carbocycles. The number of hydrogen-bond acceptors (Lipinski definition) is 7. The molecule has 0 bridgehead atoms. The number of carbonyl (C=O) groups excluding carboxylic acids is 1. The summed E-state index contributed by atoms with van der Waals surface area (Å²) < 4.78 is 91.4. The smallest absolute Gasteiger partial charge is 0.444 e. The van der Waals surface area contributed by atoms with Crippen molar-refractivity contribution in [2.75, 3.05) is 36.5 Å². The van der Waals surface area contributed by atoms with E-state index in [0.717, 1.165) is 42.8 Å². The average Bonchev–Trinajstić information content (AvgIpc) is 3.46. The van der Waals surface area contributed by atoms with Crippen LogP contribution in [0.25, 0.3) is 0 Å². The van der Waals surface area contributed by atoms with E-state index in [1.807, 2.05) is 38.1 Å². The first-order valence-corrected chi connectivity index (χ1v) is 20.6. The minimum absolute atomic E-state index is 0.0113. The van der Waals surface area contributed by atoms with E-state index < -0.39 is 64.8 Å². The summed E-state index contributed by atoms with van der Waals surface area (Å²) in [6, 6.07) is 14.7. The van der Waals surface area contributed by atoms with Crippen LogP contribution in [0.3, 0.4) is 0 Å². The van der Waals surface area contributed by atoms with Crippen molar-refractivity contribution in [1.29, 1.82) is 0 Å². The highest BCUT2D eigenvalue weighted by Gasteiger charge is 2.79. The maximum absolute atomic E-state index is 15.5. The first-order valence-electron chi connectivity index (χ1n) is 20.6. The number of allylic oxidation sites excluding steroid dienone is 1. The van der Waals surface area contributed by atoms with Crippen LogP contribution in [0.4, 0.5) is 38.1 Å². The van der Waals surface area contributed by atoms with E-state index in [1.54, 1.807) is 24.3 Å². The quantitative estimate of drug-likeness (QED) is 0.198. The minimum Gasteiger partial charge on any atom is -0.444 e. The Kier molecular flexibility index (Phi) is 10.1. The van der Waals surface area contributed by atoms with Gasteiger partial charge in [-0.15, -0.1) is 0 Å². The average molecular weight is 803 g/mol. The van der Waals surface area contributed by atoms with Gasteiger partial charge in [-0.25, -0.2) is 4.79 Å². The van der Waals surface area contributed by atoms with Crippen LogP contribution in [0.15, 0.2) is 59.7 Å². The Bertz CT molecular complexity index is 1850. The highest BCUT2D eigenvalue weighted by molar-refractivity contribution is 5.84. The Balaban J connectivity index is 1.05. The molecule has 0 aromatic heterocycles. The molecule has 8 nitrogen and oxygen atoms in total. The van der Waals surface area contributed by atoms with Crippen molar-refractivity contribution in [3.63, 3.8) is 0 Å². The lowest BCUT2D eigenvalue weighted by atomic mass is 9.49. The second kappa shape index (κ2) is 14.2. The van der Waals surface area contributed by atoms with Crippen LogP contribution in [0.1, 0.15) is 108 Å². The second-order valence-corrected chi connectivity index (χ2v) is 18.7. The summed E-state index contributed by atoms with van der Waals surface area (Å²) in [6.07, 6.45) is -2.10. The number of nitrogens with zero attached hydrogens (tertiary/aromatic N) is 1. The summed E-state index contributed by atoms with van der Waals surface area (Å²) in [5, 5.41) is 26.9. The fraction of sp³-hybridized carbons (Fsp3) is 0.659. The molecule has 8 rings (SSSR count). The Hall–Kier alpha value is -3.26. The summed E-state index contributed by atoms with van der Waals surface area (Å²) in [6.45, 7) is 8.40. The number of aliphatic hydroxyl groups is 2. The number of benzene rings is 2. The number of amides is 1. The Labute approximate surface area is 331 Å². The molecule has 3 N–H and O–H groups in total. The standard InChI is InChI=1S/C44H55F5N2O6/c1-38(2)26-56-41(57-27-38)19-16-35-36-32(15-18-40(35,53)25-41)34-17-20-42(54,43(45,46)44(47,48)49)39(34,3)23-33(36)29-9-7-28(8-10-29)24-55-37(52)50-30-11-13-31(14-12-30)51-21-5-4-6-22-51/h7-14,32-34,53-54H,4-6,15-27H2,1-3H3,(H,50,52)/t32-,33+,34-,39-,40+,42-/m0/s1. The number of hydrogen-bond donors (Lipinski definition) is 3. The zero-order valence-corrected chi connectivity index (χ0v) is 33.0. The zero-order chi connectivity index (χ0) is 40.6. The number of nitrogens with one attached hydrogen (secondary N) is 1. The van der Waals surface area contributed by atoms with Gasteiger partial charge in [-0.3, -0.25) is 5.32 Å². The lowest BCUT2D eigenvalue weighted by molar-refractivity contribution is -0.362. The van der Waals surface area contributed by atoms with Gasteiger partial charge in [-0.05, 0) is 111 Å². The molecular formula is C44H55F5N2O6. The van der Waals surface area contributed by atoms with Crippen LogP contribution in [0, 0.1) is 22.7 Å². The van der Waals surface area contributed by atoms with Crippen molar-refractivity contribution < 1.29 is 51.2 Å². The van der Waals surface area contributed by atoms with E-state index in [0.29, 0.717) is 49.3 Å². The van der Waals surface area contributed by atoms with Crippen LogP contribution in [-0.2, 0) is 20.8 Å². The molecule has 312 valence electrons. The third kappa shape index (κ3) is 6.95. The lowest BCUT2D eigenvalue weighted by Crippen LogP contribution is -2.65. The predicted molar refractivity (Wildman–Crippen MR) is 204 cm³/mol. The van der Waals surface area contributed by atoms with Gasteiger partial charge in [0.05, 0.1) is 18.8 Å². The van der Waals surface area contributed by atoms with Gasteiger partial charge in [0, 0.05) is 54.1 Å². The van der Waals surface area contributed by atoms with Crippen LogP contribution in [-0.4, -0.2) is 71.7 Å². The number of alkyl halides is 5. The second-order valence-electron chi connectivity index (χ2n) is 18.7. The van der Waals surface area contributed by atoms with Crippen molar-refractivity contribution in [3.05, 3.63) is 70.8 Å². The SMILES string of the molecule is CC1(C)COC2(CCC3=C4[C@@H](CC[C@@]3(O)C2)[C@@H]2CC[C@@](O)(C(F)(F)C(F)(F)F)[C@@]2(C)C[C@@H]4c2ccc(COC(=O)Nc3ccc(N4CCCCC4)cc3)cc2)OC1. The third-order valence-corrected chi connectivity index (χ3v) is 14.5. The highest BCUT2D eigenvalue weighted by Crippen LogP contribution is 2.71. The first kappa shape index (κ1) is 40.5. The van der Waals surface area contributed by atoms with Gasteiger partial charge in [-0.2, -0.15) is 22.0 Å². The number of piperidine rings is 1. The Morgan fingerprint density at radius 3 is 2.21 bits per heavy atom. The fourth-order valence-corrected chi connectivity index (χ4v) is 11.4. The highest BCUT2D eigenvalue weighted by atomic mass is 19.4. The van der Waals surface area contributed by atoms with Crippen LogP contribution < -0.4 is 10.2 Å². The van der Waals surface area contributed by atoms with Crippen molar-refractivity contribution in [2.24, 2.45) is 22.7 Å². The largest absolute Gasteiger partial charge is 0.456 e. The molecule has 4 aliphatic carbocycles. The van der Waals surface area contributed by atoms with E-state index in [1.165, 1.54) is 13.3 Å². The van der Waals surface area contributed by atoms with E-state index >= 15 is 8.78 Å². The molecule has 57 heavy (non-hydrogen) atoms. The molecule has 0 unspecified atom stereocenters. The molecule has 2 saturated heterocycles. The summed E-state index contributed by atoms with van der Waals surface area (Å²) in [5.41, 5.74) is -1.89. The number of halogens is 5. The molecule has 2 aliphatic heterocycles. The summed E-state index contributed by atoms with van der Waals surface area (Å²) in [5.74, 6) is -8.01. The third-order valence-electron chi connectivity index (χ3n) is 14.5. The number of rotatable bonds is 6. The van der Waals surface area contributed by atoms with Crippen LogP contribution >= 0.6 is 0 Å². The van der Waals surface area contributed by atoms with Crippen molar-refractivity contribution >= 4 is 17.5 Å². The molecular weight excluding hydrogens is 747 g/mol. The van der Waals surface area contributed by atoms with Gasteiger partial charge in [0.1, 0.15) is 12.2 Å². The van der Waals surface area contributed by atoms with Gasteiger partial charge in [-0.1, -0.05) is 50.6 Å². The predicted octanol–water partition coefficient (Wildman–Crippen LogP) is 9.65. The molecule has 2 aromatic carbocycles. The summed E-state index contributed by atoms with van der Waals surface area (Å²) in [7, 11) is 0. The molecule has 6 aliphatic rings. The fourth-order valence-electron chi connectivity index (χ4n) is 11.4. The Morgan fingerprint density at radius 1 is 0.895 bits per heavy atom. The summed E-state index contributed by atoms with van der Waals surface area (Å²) >= 11 is 0. The maximum atomic E-state index is 15.5. The van der Waals surface area contributed by atoms with Gasteiger partial charge in [0.2, 0.25) is 0 Å².